The molecule has 6 fully saturated rings. The molecule has 4 aliphatic carbocycles. The highest BCUT2D eigenvalue weighted by Crippen LogP contribution is 2.70. The van der Waals surface area contributed by atoms with Crippen molar-refractivity contribution in [1.29, 1.82) is 0 Å². The first-order valence-electron chi connectivity index (χ1n) is 19.4. The SMILES string of the molecule is COC1(c2ccc(/C=C/O)c(OCc3ccc([N+](C)(C)CCSC4=C(OC(C)=O)N5C(=O)[C@H]([C@@H](C)O)[C@H]5[C@H]4C)cc3)c2Cl)OOC12C1CC3CC(C1)CC2C3. The molecule has 7 aliphatic rings. The van der Waals surface area contributed by atoms with E-state index >= 15 is 0 Å². The van der Waals surface area contributed by atoms with Crippen LogP contribution in [-0.2, 0) is 41.2 Å². The summed E-state index contributed by atoms with van der Waals surface area (Å²) < 4.78 is 18.9. The molecule has 13 heteroatoms. The van der Waals surface area contributed by atoms with Gasteiger partial charge in [0.15, 0.2) is 5.60 Å². The third kappa shape index (κ3) is 6.04. The minimum Gasteiger partial charge on any atom is -0.516 e. The summed E-state index contributed by atoms with van der Waals surface area (Å²) in [6.07, 6.45) is 7.52. The van der Waals surface area contributed by atoms with E-state index in [0.717, 1.165) is 66.5 Å². The minimum absolute atomic E-state index is 0.0535. The van der Waals surface area contributed by atoms with Gasteiger partial charge in [0, 0.05) is 36.8 Å². The van der Waals surface area contributed by atoms with Gasteiger partial charge < -0.3 is 24.4 Å². The van der Waals surface area contributed by atoms with Crippen molar-refractivity contribution in [2.75, 3.05) is 33.5 Å². The molecule has 2 aromatic carbocycles. The normalized spacial score (nSPS) is 33.9. The highest BCUT2D eigenvalue weighted by molar-refractivity contribution is 8.03. The second-order valence-electron chi connectivity index (χ2n) is 17.0. The Morgan fingerprint density at radius 3 is 2.33 bits per heavy atom. The van der Waals surface area contributed by atoms with Crippen molar-refractivity contribution < 1.29 is 43.8 Å². The van der Waals surface area contributed by atoms with E-state index in [4.69, 9.17) is 35.6 Å². The molecular formula is C42H52ClN2O9S+. The molecular weight excluding hydrogens is 744 g/mol. The Morgan fingerprint density at radius 1 is 1.09 bits per heavy atom. The lowest BCUT2D eigenvalue weighted by Crippen LogP contribution is -2.76. The molecule has 1 unspecified atom stereocenters. The predicted molar refractivity (Wildman–Crippen MR) is 209 cm³/mol. The lowest BCUT2D eigenvalue weighted by Gasteiger charge is -2.68. The van der Waals surface area contributed by atoms with Crippen molar-refractivity contribution in [3.8, 4) is 5.75 Å². The summed E-state index contributed by atoms with van der Waals surface area (Å²) in [6.45, 7) is 6.00. The number of amides is 1. The van der Waals surface area contributed by atoms with E-state index in [9.17, 15) is 19.8 Å². The van der Waals surface area contributed by atoms with Crippen LogP contribution in [0, 0.1) is 35.5 Å². The van der Waals surface area contributed by atoms with Crippen LogP contribution in [0.1, 0.15) is 69.6 Å². The first-order valence-corrected chi connectivity index (χ1v) is 20.8. The van der Waals surface area contributed by atoms with Crippen molar-refractivity contribution in [2.24, 2.45) is 35.5 Å². The van der Waals surface area contributed by atoms with Gasteiger partial charge in [-0.2, -0.15) is 4.89 Å². The maximum Gasteiger partial charge on any atom is 0.309 e. The number of carbonyl (C=O) groups is 2. The number of nitrogens with zero attached hydrogens (tertiary/aromatic N) is 2. The smallest absolute Gasteiger partial charge is 0.309 e. The van der Waals surface area contributed by atoms with Gasteiger partial charge in [0.25, 0.3) is 5.79 Å². The number of ether oxygens (including phenoxy) is 3. The largest absolute Gasteiger partial charge is 0.516 e. The molecule has 0 radical (unpaired) electrons. The number of carbonyl (C=O) groups excluding carboxylic acids is 2. The quantitative estimate of drug-likeness (QED) is 0.0703. The number of benzene rings is 2. The first kappa shape index (κ1) is 38.8. The molecule has 0 aromatic heterocycles. The lowest BCUT2D eigenvalue weighted by molar-refractivity contribution is -0.645. The fourth-order valence-corrected chi connectivity index (χ4v) is 12.7. The van der Waals surface area contributed by atoms with E-state index in [2.05, 4.69) is 26.2 Å². The number of hydrogen-bond donors (Lipinski definition) is 2. The number of hydrogen-bond acceptors (Lipinski definition) is 10. The van der Waals surface area contributed by atoms with Crippen molar-refractivity contribution in [3.63, 3.8) is 0 Å². The first-order chi connectivity index (χ1) is 26.3. The number of aliphatic hydroxyl groups excluding tert-OH is 2. The van der Waals surface area contributed by atoms with E-state index in [1.807, 2.05) is 31.2 Å². The Balaban J connectivity index is 0.956. The van der Waals surface area contributed by atoms with Crippen LogP contribution in [0.15, 0.2) is 53.4 Å². The summed E-state index contributed by atoms with van der Waals surface area (Å²) in [6, 6.07) is 11.8. The second-order valence-corrected chi connectivity index (χ2v) is 18.5. The van der Waals surface area contributed by atoms with E-state index in [0.29, 0.717) is 49.9 Å². The molecule has 2 N–H and O–H groups in total. The van der Waals surface area contributed by atoms with Crippen LogP contribution in [0.3, 0.4) is 0 Å². The predicted octanol–water partition coefficient (Wildman–Crippen LogP) is 7.29. The molecule has 3 aliphatic heterocycles. The molecule has 1 amide bonds. The fraction of sp³-hybridized carbons (Fsp3) is 0.571. The number of esters is 1. The topological polar surface area (TPSA) is 124 Å². The number of quaternary nitrogens is 1. The van der Waals surface area contributed by atoms with Crippen molar-refractivity contribution >= 4 is 47.0 Å². The Hall–Kier alpha value is -3.10. The van der Waals surface area contributed by atoms with Crippen LogP contribution in [-0.4, -0.2) is 78.2 Å². The number of β-lactam (4-membered cyclic amide) rings is 1. The van der Waals surface area contributed by atoms with Crippen LogP contribution in [0.4, 0.5) is 5.69 Å². The Bertz CT molecular complexity index is 1880. The van der Waals surface area contributed by atoms with Gasteiger partial charge in [0.1, 0.15) is 18.0 Å². The van der Waals surface area contributed by atoms with Gasteiger partial charge in [0.2, 0.25) is 11.8 Å². The number of methoxy groups -OCH3 is 1. The zero-order chi connectivity index (χ0) is 39.0. The summed E-state index contributed by atoms with van der Waals surface area (Å²) in [4.78, 5) is 39.4. The zero-order valence-corrected chi connectivity index (χ0v) is 33.9. The summed E-state index contributed by atoms with van der Waals surface area (Å²) in [5, 5.41) is 20.4. The highest BCUT2D eigenvalue weighted by Gasteiger charge is 2.77. The third-order valence-corrected chi connectivity index (χ3v) is 15.0. The molecule has 296 valence electrons. The molecule has 3 heterocycles. The van der Waals surface area contributed by atoms with Crippen LogP contribution in [0.2, 0.25) is 5.02 Å². The minimum atomic E-state index is -1.15. The number of aliphatic hydroxyl groups is 2. The van der Waals surface area contributed by atoms with Gasteiger partial charge in [-0.05, 0) is 98.6 Å². The van der Waals surface area contributed by atoms with Gasteiger partial charge in [0.05, 0.1) is 54.9 Å². The Kier molecular flexibility index (Phi) is 10.1. The van der Waals surface area contributed by atoms with Crippen LogP contribution in [0.5, 0.6) is 5.75 Å². The molecule has 11 nitrogen and oxygen atoms in total. The Morgan fingerprint density at radius 2 is 1.76 bits per heavy atom. The summed E-state index contributed by atoms with van der Waals surface area (Å²) >= 11 is 8.84. The van der Waals surface area contributed by atoms with E-state index in [1.54, 1.807) is 36.8 Å². The summed E-state index contributed by atoms with van der Waals surface area (Å²) in [5.41, 5.74) is 2.75. The van der Waals surface area contributed by atoms with Crippen LogP contribution in [0.25, 0.3) is 6.08 Å². The average Bonchev–Trinajstić information content (AvgIpc) is 3.34. The van der Waals surface area contributed by atoms with Gasteiger partial charge >= 0.3 is 5.97 Å². The number of thioether (sulfide) groups is 1. The summed E-state index contributed by atoms with van der Waals surface area (Å²) in [5.74, 6) is 1.21. The molecule has 2 saturated heterocycles. The maximum atomic E-state index is 12.9. The standard InChI is InChI=1S/C42H51ClN2O9S/c1-23-36-34(24(2)47)39(49)44(36)40(52-25(3)48)38(23)55-16-14-45(4,5)32-10-7-26(8-11-32)22-51-37-29(13-15-46)9-12-33(35(37)43)42(50-6)41(53-54-42)30-18-27-17-28(20-30)21-31(41)19-27/h7-13,15,23-24,27-28,30-31,34,36,47H,14,16-22H2,1-6H3/p+1/b15-13+/t23-,24-,27?,28?,30?,31?,34-,36-,41?,42?/m1/s1. The second kappa shape index (κ2) is 14.4. The molecule has 9 rings (SSSR count). The molecule has 55 heavy (non-hydrogen) atoms. The van der Waals surface area contributed by atoms with Gasteiger partial charge in [-0.25, -0.2) is 4.89 Å². The highest BCUT2D eigenvalue weighted by atomic mass is 35.5. The molecule has 4 saturated carbocycles. The number of halogens is 1. The molecule has 4 bridgehead atoms. The van der Waals surface area contributed by atoms with Crippen LogP contribution < -0.4 is 9.22 Å². The number of rotatable bonds is 13. The average molecular weight is 796 g/mol. The van der Waals surface area contributed by atoms with E-state index < -0.39 is 29.4 Å². The third-order valence-electron chi connectivity index (χ3n) is 13.4. The van der Waals surface area contributed by atoms with Gasteiger partial charge in [-0.3, -0.25) is 19.0 Å². The maximum absolute atomic E-state index is 12.9. The van der Waals surface area contributed by atoms with E-state index in [1.165, 1.54) is 13.3 Å². The fourth-order valence-electron chi connectivity index (χ4n) is 10.9. The number of fused-ring (bicyclic) bond motifs is 1. The Labute approximate surface area is 332 Å². The zero-order valence-electron chi connectivity index (χ0n) is 32.3. The monoisotopic (exact) mass is 795 g/mol. The lowest BCUT2D eigenvalue weighted by atomic mass is 9.47. The van der Waals surface area contributed by atoms with E-state index in [-0.39, 0.29) is 24.5 Å². The molecule has 1 spiro atoms. The van der Waals surface area contributed by atoms with Crippen molar-refractivity contribution in [2.45, 2.75) is 83.0 Å². The van der Waals surface area contributed by atoms with Gasteiger partial charge in [-0.15, -0.1) is 11.8 Å². The molecule has 5 atom stereocenters. The summed E-state index contributed by atoms with van der Waals surface area (Å²) in [7, 11) is 5.94. The van der Waals surface area contributed by atoms with Crippen molar-refractivity contribution in [1.82, 2.24) is 9.38 Å². The van der Waals surface area contributed by atoms with Crippen LogP contribution >= 0.6 is 23.4 Å². The van der Waals surface area contributed by atoms with Crippen molar-refractivity contribution in [3.05, 3.63) is 75.2 Å². The molecule has 2 aromatic rings. The van der Waals surface area contributed by atoms with Gasteiger partial charge in [-0.1, -0.05) is 30.7 Å².